The van der Waals surface area contributed by atoms with Crippen LogP contribution in [0, 0.1) is 0 Å². The van der Waals surface area contributed by atoms with Crippen molar-refractivity contribution in [2.24, 2.45) is 0 Å². The predicted molar refractivity (Wildman–Crippen MR) is 167 cm³/mol. The van der Waals surface area contributed by atoms with Gasteiger partial charge in [-0.2, -0.15) is 4.98 Å². The van der Waals surface area contributed by atoms with E-state index < -0.39 is 28.3 Å². The number of nitrogens with zero attached hydrogens (tertiary/aromatic N) is 4. The van der Waals surface area contributed by atoms with Gasteiger partial charge in [0.1, 0.15) is 22.3 Å². The summed E-state index contributed by atoms with van der Waals surface area (Å²) in [7, 11) is -0.163. The van der Waals surface area contributed by atoms with E-state index in [0.717, 1.165) is 0 Å². The predicted octanol–water partition coefficient (Wildman–Crippen LogP) is 5.80. The van der Waals surface area contributed by atoms with Gasteiger partial charge in [0, 0.05) is 43.0 Å². The van der Waals surface area contributed by atoms with Crippen LogP contribution in [0.15, 0.2) is 47.4 Å². The summed E-state index contributed by atoms with van der Waals surface area (Å²) in [5.74, 6) is 0.711. The molecule has 4 rings (SSSR count). The SMILES string of the molecule is C=C(C)C(C)(F)c1cc(Nc2n[nH]c(N)n2)cc(Cl)c1-c1ccc(OC)c(S(=O)N2CCN(C(=O)OC(C)(C)C)CC2)c1. The number of allylic oxidation sites excluding steroid dienone is 1. The summed E-state index contributed by atoms with van der Waals surface area (Å²) in [6, 6.07) is 8.34. The summed E-state index contributed by atoms with van der Waals surface area (Å²) < 4.78 is 43.0. The van der Waals surface area contributed by atoms with E-state index in [4.69, 9.17) is 26.8 Å². The molecule has 4 N–H and O–H groups in total. The molecule has 232 valence electrons. The Bertz CT molecular complexity index is 1550. The summed E-state index contributed by atoms with van der Waals surface area (Å²) in [6.07, 6.45) is -0.407. The summed E-state index contributed by atoms with van der Waals surface area (Å²) >= 11 is 6.82. The van der Waals surface area contributed by atoms with E-state index in [1.54, 1.807) is 46.5 Å². The maximum Gasteiger partial charge on any atom is 0.410 e. The Kier molecular flexibility index (Phi) is 9.38. The normalized spacial score (nSPS) is 16.3. The topological polar surface area (TPSA) is 139 Å². The third-order valence-corrected chi connectivity index (χ3v) is 8.75. The number of hydrogen-bond acceptors (Lipinski definition) is 8. The third kappa shape index (κ3) is 7.28. The Morgan fingerprint density at radius 1 is 1.19 bits per heavy atom. The van der Waals surface area contributed by atoms with Crippen molar-refractivity contribution in [2.75, 3.05) is 44.3 Å². The second kappa shape index (κ2) is 12.5. The van der Waals surface area contributed by atoms with Crippen LogP contribution in [-0.4, -0.2) is 73.6 Å². The molecule has 1 saturated heterocycles. The smallest absolute Gasteiger partial charge is 0.410 e. The minimum atomic E-state index is -1.98. The van der Waals surface area contributed by atoms with E-state index in [9.17, 15) is 9.00 Å². The lowest BCUT2D eigenvalue weighted by atomic mass is 9.85. The number of nitrogen functional groups attached to an aromatic ring is 1. The van der Waals surface area contributed by atoms with E-state index in [1.807, 2.05) is 20.8 Å². The zero-order chi connectivity index (χ0) is 31.7. The molecule has 1 aliphatic heterocycles. The molecule has 1 aliphatic rings. The first-order valence-corrected chi connectivity index (χ1v) is 15.1. The van der Waals surface area contributed by atoms with Crippen LogP contribution in [-0.2, 0) is 21.4 Å². The van der Waals surface area contributed by atoms with Gasteiger partial charge in [0.15, 0.2) is 5.67 Å². The molecule has 3 aromatic rings. The van der Waals surface area contributed by atoms with Crippen molar-refractivity contribution in [3.8, 4) is 16.9 Å². The fourth-order valence-electron chi connectivity index (χ4n) is 4.50. The van der Waals surface area contributed by atoms with Gasteiger partial charge < -0.3 is 25.4 Å². The standard InChI is InChI=1S/C29H37ClFN7O4S/c1-17(2)29(6,31)20-15-19(33-26-34-25(32)35-36-26)16-21(30)24(20)18-8-9-22(41-7)23(14-18)43(40)38-12-10-37(11-13-38)27(39)42-28(3,4)5/h8-9,14-16H,1,10-13H2,2-7H3,(H4,32,33,34,35,36). The summed E-state index contributed by atoms with van der Waals surface area (Å²) in [5, 5.41) is 9.72. The number of carbonyl (C=O) groups excluding carboxylic acids is 1. The number of aromatic amines is 1. The number of amides is 1. The number of anilines is 3. The van der Waals surface area contributed by atoms with Gasteiger partial charge in [-0.05, 0) is 70.0 Å². The lowest BCUT2D eigenvalue weighted by molar-refractivity contribution is 0.0195. The number of alkyl halides is 1. The van der Waals surface area contributed by atoms with Crippen molar-refractivity contribution < 1.29 is 22.9 Å². The Balaban J connectivity index is 1.69. The number of aromatic nitrogens is 3. The van der Waals surface area contributed by atoms with Gasteiger partial charge >= 0.3 is 6.09 Å². The molecule has 11 nitrogen and oxygen atoms in total. The lowest BCUT2D eigenvalue weighted by Gasteiger charge is -2.35. The Hall–Kier alpha value is -3.68. The molecular weight excluding hydrogens is 597 g/mol. The van der Waals surface area contributed by atoms with Crippen molar-refractivity contribution >= 4 is 46.3 Å². The number of rotatable bonds is 8. The van der Waals surface area contributed by atoms with Gasteiger partial charge in [0.25, 0.3) is 0 Å². The molecule has 43 heavy (non-hydrogen) atoms. The van der Waals surface area contributed by atoms with Gasteiger partial charge in [-0.3, -0.25) is 0 Å². The van der Waals surface area contributed by atoms with Gasteiger partial charge in [-0.25, -0.2) is 22.8 Å². The minimum absolute atomic E-state index is 0.118. The van der Waals surface area contributed by atoms with Crippen LogP contribution < -0.4 is 15.8 Å². The molecule has 2 heterocycles. The first-order chi connectivity index (χ1) is 20.1. The van der Waals surface area contributed by atoms with E-state index in [2.05, 4.69) is 27.1 Å². The quantitative estimate of drug-likeness (QED) is 0.265. The highest BCUT2D eigenvalue weighted by Crippen LogP contribution is 2.45. The Morgan fingerprint density at radius 3 is 2.42 bits per heavy atom. The van der Waals surface area contributed by atoms with Crippen molar-refractivity contribution in [1.82, 2.24) is 24.4 Å². The van der Waals surface area contributed by atoms with Crippen LogP contribution in [0.25, 0.3) is 11.1 Å². The summed E-state index contributed by atoms with van der Waals surface area (Å²) in [5.41, 5.74) is 4.94. The first-order valence-electron chi connectivity index (χ1n) is 13.6. The van der Waals surface area contributed by atoms with Crippen LogP contribution in [0.2, 0.25) is 5.02 Å². The number of benzene rings is 2. The van der Waals surface area contributed by atoms with Crippen LogP contribution in [0.5, 0.6) is 5.75 Å². The molecule has 2 unspecified atom stereocenters. The Labute approximate surface area is 258 Å². The monoisotopic (exact) mass is 633 g/mol. The van der Waals surface area contributed by atoms with Gasteiger partial charge in [-0.15, -0.1) is 5.10 Å². The maximum atomic E-state index is 16.3. The molecule has 0 saturated carbocycles. The average molecular weight is 634 g/mol. The van der Waals surface area contributed by atoms with Crippen LogP contribution in [0.4, 0.5) is 26.8 Å². The first kappa shape index (κ1) is 32.2. The molecule has 2 atom stereocenters. The largest absolute Gasteiger partial charge is 0.495 e. The van der Waals surface area contributed by atoms with Gasteiger partial charge in [-0.1, -0.05) is 24.2 Å². The fraction of sp³-hybridized carbons (Fsp3) is 0.414. The molecule has 0 spiro atoms. The second-order valence-corrected chi connectivity index (χ2v) is 13.2. The number of nitrogens with two attached hydrogens (primary N) is 1. The highest BCUT2D eigenvalue weighted by atomic mass is 35.5. The van der Waals surface area contributed by atoms with Crippen molar-refractivity contribution in [2.45, 2.75) is 50.8 Å². The van der Waals surface area contributed by atoms with Crippen molar-refractivity contribution in [1.29, 1.82) is 0 Å². The molecule has 14 heteroatoms. The molecule has 0 bridgehead atoms. The number of ether oxygens (including phenoxy) is 2. The molecular formula is C29H37ClFN7O4S. The molecule has 0 aliphatic carbocycles. The molecule has 0 radical (unpaired) electrons. The highest BCUT2D eigenvalue weighted by Gasteiger charge is 2.33. The highest BCUT2D eigenvalue weighted by molar-refractivity contribution is 7.82. The number of halogens is 2. The van der Waals surface area contributed by atoms with E-state index in [1.165, 1.54) is 14.0 Å². The van der Waals surface area contributed by atoms with Gasteiger partial charge in [0.2, 0.25) is 11.9 Å². The van der Waals surface area contributed by atoms with E-state index in [0.29, 0.717) is 53.6 Å². The molecule has 1 aromatic heterocycles. The number of piperazine rings is 1. The summed E-state index contributed by atoms with van der Waals surface area (Å²) in [4.78, 5) is 18.5. The maximum absolute atomic E-state index is 16.3. The Morgan fingerprint density at radius 2 is 1.86 bits per heavy atom. The summed E-state index contributed by atoms with van der Waals surface area (Å²) in [6.45, 7) is 13.7. The number of hydrogen-bond donors (Lipinski definition) is 3. The minimum Gasteiger partial charge on any atom is -0.495 e. The number of carbonyl (C=O) groups is 1. The average Bonchev–Trinajstić information content (AvgIpc) is 3.35. The van der Waals surface area contributed by atoms with Crippen molar-refractivity contribution in [3.05, 3.63) is 53.1 Å². The third-order valence-electron chi connectivity index (χ3n) is 6.92. The van der Waals surface area contributed by atoms with Crippen LogP contribution in [0.1, 0.15) is 40.2 Å². The molecule has 2 aromatic carbocycles. The van der Waals surface area contributed by atoms with Crippen LogP contribution in [0.3, 0.4) is 0 Å². The lowest BCUT2D eigenvalue weighted by Crippen LogP contribution is -2.50. The molecule has 1 amide bonds. The second-order valence-electron chi connectivity index (χ2n) is 11.3. The number of methoxy groups -OCH3 is 1. The van der Waals surface area contributed by atoms with Gasteiger partial charge in [0.05, 0.1) is 17.0 Å². The van der Waals surface area contributed by atoms with E-state index >= 15 is 4.39 Å². The molecule has 1 fully saturated rings. The zero-order valence-electron chi connectivity index (χ0n) is 25.1. The van der Waals surface area contributed by atoms with Crippen LogP contribution >= 0.6 is 11.6 Å². The van der Waals surface area contributed by atoms with Crippen molar-refractivity contribution in [3.63, 3.8) is 0 Å². The number of nitrogens with one attached hydrogen (secondary N) is 2. The number of H-pyrrole nitrogens is 1. The van der Waals surface area contributed by atoms with E-state index in [-0.39, 0.29) is 28.1 Å². The fourth-order valence-corrected chi connectivity index (χ4v) is 6.16. The zero-order valence-corrected chi connectivity index (χ0v) is 26.7.